The molecular formula is C22H24F2N6O. The molecule has 2 fully saturated rings. The number of nitrogens with zero attached hydrogens (tertiary/aromatic N) is 5. The van der Waals surface area contributed by atoms with E-state index in [1.165, 1.54) is 12.1 Å². The molecule has 5 rings (SSSR count). The van der Waals surface area contributed by atoms with Crippen molar-refractivity contribution in [3.63, 3.8) is 0 Å². The van der Waals surface area contributed by atoms with Crippen LogP contribution in [-0.4, -0.2) is 65.3 Å². The molecule has 2 aliphatic rings. The number of nitrogens with one attached hydrogen (secondary N) is 1. The number of hydrogen-bond donors (Lipinski definition) is 1. The van der Waals surface area contributed by atoms with Gasteiger partial charge in [-0.25, -0.2) is 18.7 Å². The van der Waals surface area contributed by atoms with E-state index in [1.807, 2.05) is 6.07 Å². The highest BCUT2D eigenvalue weighted by Gasteiger charge is 2.25. The molecule has 162 valence electrons. The maximum absolute atomic E-state index is 14.0. The number of aromatic nitrogens is 3. The standard InChI is InChI=1S/C22H24F2N6O/c23-16-2-1-15(18(24)11-16)13-29-6-8-30(9-7-29)22-21(26-17-4-10-31-14-17)27-20-12-25-5-3-19(20)28-22/h1-3,5,11-12,17H,4,6-10,13-14H2,(H,26,27)/t17-/m1/s1. The van der Waals surface area contributed by atoms with Crippen LogP contribution in [0.1, 0.15) is 12.0 Å². The van der Waals surface area contributed by atoms with Gasteiger partial charge < -0.3 is 15.0 Å². The van der Waals surface area contributed by atoms with Crippen LogP contribution in [0.15, 0.2) is 36.7 Å². The number of fused-ring (bicyclic) bond motifs is 1. The van der Waals surface area contributed by atoms with Gasteiger partial charge in [0.2, 0.25) is 0 Å². The second-order valence-electron chi connectivity index (χ2n) is 7.96. The van der Waals surface area contributed by atoms with E-state index in [9.17, 15) is 8.78 Å². The maximum Gasteiger partial charge on any atom is 0.172 e. The lowest BCUT2D eigenvalue weighted by Gasteiger charge is -2.36. The van der Waals surface area contributed by atoms with Gasteiger partial charge in [0.05, 0.1) is 24.4 Å². The lowest BCUT2D eigenvalue weighted by molar-refractivity contribution is 0.195. The Morgan fingerprint density at radius 3 is 2.71 bits per heavy atom. The number of halogens is 2. The smallest absolute Gasteiger partial charge is 0.172 e. The molecular weight excluding hydrogens is 402 g/mol. The molecule has 1 aromatic carbocycles. The van der Waals surface area contributed by atoms with Gasteiger partial charge in [-0.15, -0.1) is 0 Å². The van der Waals surface area contributed by atoms with Gasteiger partial charge in [0.25, 0.3) is 0 Å². The number of pyridine rings is 1. The van der Waals surface area contributed by atoms with Crippen LogP contribution in [0, 0.1) is 11.6 Å². The minimum Gasteiger partial charge on any atom is -0.379 e. The zero-order valence-electron chi connectivity index (χ0n) is 17.1. The summed E-state index contributed by atoms with van der Waals surface area (Å²) in [5, 5.41) is 3.50. The SMILES string of the molecule is Fc1ccc(CN2CCN(c3nc4ccncc4nc3N[C@@H]3CCOC3)CC2)c(F)c1. The molecule has 1 N–H and O–H groups in total. The Morgan fingerprint density at radius 2 is 1.94 bits per heavy atom. The Labute approximate surface area is 179 Å². The molecule has 0 radical (unpaired) electrons. The summed E-state index contributed by atoms with van der Waals surface area (Å²) in [6, 6.07) is 5.84. The van der Waals surface area contributed by atoms with Crippen LogP contribution in [0.4, 0.5) is 20.4 Å². The molecule has 2 saturated heterocycles. The average Bonchev–Trinajstić information content (AvgIpc) is 3.29. The van der Waals surface area contributed by atoms with Crippen LogP contribution in [0.25, 0.3) is 11.0 Å². The Kier molecular flexibility index (Phi) is 5.61. The van der Waals surface area contributed by atoms with Gasteiger partial charge >= 0.3 is 0 Å². The van der Waals surface area contributed by atoms with Crippen molar-refractivity contribution in [3.8, 4) is 0 Å². The van der Waals surface area contributed by atoms with Gasteiger partial charge in [0, 0.05) is 57.2 Å². The highest BCUT2D eigenvalue weighted by atomic mass is 19.1. The lowest BCUT2D eigenvalue weighted by atomic mass is 10.1. The first-order valence-corrected chi connectivity index (χ1v) is 10.5. The summed E-state index contributed by atoms with van der Waals surface area (Å²) >= 11 is 0. The largest absolute Gasteiger partial charge is 0.379 e. The van der Waals surface area contributed by atoms with Gasteiger partial charge in [0.15, 0.2) is 11.6 Å². The second kappa shape index (κ2) is 8.68. The summed E-state index contributed by atoms with van der Waals surface area (Å²) in [6.45, 7) is 4.84. The first-order chi connectivity index (χ1) is 15.2. The Balaban J connectivity index is 1.33. The van der Waals surface area contributed by atoms with E-state index in [-0.39, 0.29) is 6.04 Å². The van der Waals surface area contributed by atoms with E-state index in [0.29, 0.717) is 18.7 Å². The fourth-order valence-electron chi connectivity index (χ4n) is 4.06. The predicted octanol–water partition coefficient (Wildman–Crippen LogP) is 2.83. The molecule has 2 aliphatic heterocycles. The highest BCUT2D eigenvalue weighted by molar-refractivity contribution is 5.79. The molecule has 3 aromatic rings. The molecule has 0 aliphatic carbocycles. The lowest BCUT2D eigenvalue weighted by Crippen LogP contribution is -2.46. The maximum atomic E-state index is 14.0. The van der Waals surface area contributed by atoms with Crippen LogP contribution in [0.3, 0.4) is 0 Å². The summed E-state index contributed by atoms with van der Waals surface area (Å²) in [4.78, 5) is 18.2. The number of piperazine rings is 1. The van der Waals surface area contributed by atoms with Gasteiger partial charge in [-0.3, -0.25) is 9.88 Å². The number of hydrogen-bond acceptors (Lipinski definition) is 7. The van der Waals surface area contributed by atoms with Gasteiger partial charge in [-0.2, -0.15) is 0 Å². The molecule has 0 spiro atoms. The zero-order valence-corrected chi connectivity index (χ0v) is 17.1. The van der Waals surface area contributed by atoms with Crippen LogP contribution < -0.4 is 10.2 Å². The Bertz CT molecular complexity index is 1070. The van der Waals surface area contributed by atoms with Gasteiger partial charge in [-0.1, -0.05) is 6.07 Å². The molecule has 1 atom stereocenters. The summed E-state index contributed by atoms with van der Waals surface area (Å²) in [7, 11) is 0. The zero-order chi connectivity index (χ0) is 21.2. The van der Waals surface area contributed by atoms with Crippen molar-refractivity contribution >= 4 is 22.7 Å². The summed E-state index contributed by atoms with van der Waals surface area (Å²) < 4.78 is 32.7. The molecule has 0 amide bonds. The highest BCUT2D eigenvalue weighted by Crippen LogP contribution is 2.27. The second-order valence-corrected chi connectivity index (χ2v) is 7.96. The van der Waals surface area contributed by atoms with E-state index in [4.69, 9.17) is 14.7 Å². The molecule has 0 bridgehead atoms. The van der Waals surface area contributed by atoms with Gasteiger partial charge in [-0.05, 0) is 18.6 Å². The van der Waals surface area contributed by atoms with E-state index in [2.05, 4.69) is 20.1 Å². The van der Waals surface area contributed by atoms with Crippen molar-refractivity contribution in [2.24, 2.45) is 0 Å². The number of benzene rings is 1. The molecule has 0 saturated carbocycles. The van der Waals surface area contributed by atoms with Crippen LogP contribution >= 0.6 is 0 Å². The minimum absolute atomic E-state index is 0.213. The van der Waals surface area contributed by atoms with Crippen molar-refractivity contribution in [1.82, 2.24) is 19.9 Å². The molecule has 4 heterocycles. The normalized spacial score (nSPS) is 19.8. The Hall–Kier alpha value is -2.91. The van der Waals surface area contributed by atoms with Crippen LogP contribution in [-0.2, 0) is 11.3 Å². The first-order valence-electron chi connectivity index (χ1n) is 10.5. The summed E-state index contributed by atoms with van der Waals surface area (Å²) in [5.74, 6) is 0.512. The number of rotatable bonds is 5. The van der Waals surface area contributed by atoms with Crippen molar-refractivity contribution in [2.45, 2.75) is 19.0 Å². The average molecular weight is 426 g/mol. The third kappa shape index (κ3) is 4.42. The Morgan fingerprint density at radius 1 is 1.06 bits per heavy atom. The van der Waals surface area contributed by atoms with E-state index in [1.54, 1.807) is 12.4 Å². The third-order valence-electron chi connectivity index (χ3n) is 5.80. The monoisotopic (exact) mass is 426 g/mol. The molecule has 31 heavy (non-hydrogen) atoms. The van der Waals surface area contributed by atoms with E-state index < -0.39 is 11.6 Å². The number of anilines is 2. The molecule has 2 aromatic heterocycles. The van der Waals surface area contributed by atoms with E-state index in [0.717, 1.165) is 67.9 Å². The fraction of sp³-hybridized carbons (Fsp3) is 0.409. The van der Waals surface area contributed by atoms with Gasteiger partial charge in [0.1, 0.15) is 17.2 Å². The first kappa shape index (κ1) is 20.0. The molecule has 7 nitrogen and oxygen atoms in total. The molecule has 9 heteroatoms. The van der Waals surface area contributed by atoms with Crippen LogP contribution in [0.2, 0.25) is 0 Å². The van der Waals surface area contributed by atoms with E-state index >= 15 is 0 Å². The third-order valence-corrected chi connectivity index (χ3v) is 5.80. The van der Waals surface area contributed by atoms with Crippen molar-refractivity contribution < 1.29 is 13.5 Å². The fourth-order valence-corrected chi connectivity index (χ4v) is 4.06. The number of ether oxygens (including phenoxy) is 1. The van der Waals surface area contributed by atoms with Crippen molar-refractivity contribution in [2.75, 3.05) is 49.6 Å². The summed E-state index contributed by atoms with van der Waals surface area (Å²) in [6.07, 6.45) is 4.37. The summed E-state index contributed by atoms with van der Waals surface area (Å²) in [5.41, 5.74) is 2.06. The van der Waals surface area contributed by atoms with Crippen molar-refractivity contribution in [1.29, 1.82) is 0 Å². The predicted molar refractivity (Wildman–Crippen MR) is 114 cm³/mol. The van der Waals surface area contributed by atoms with Crippen molar-refractivity contribution in [3.05, 3.63) is 53.9 Å². The molecule has 0 unspecified atom stereocenters. The minimum atomic E-state index is -0.552. The van der Waals surface area contributed by atoms with Crippen LogP contribution in [0.5, 0.6) is 0 Å². The quantitative estimate of drug-likeness (QED) is 0.673. The topological polar surface area (TPSA) is 66.4 Å².